The van der Waals surface area contributed by atoms with Crippen LogP contribution in [-0.4, -0.2) is 35.8 Å². The van der Waals surface area contributed by atoms with Crippen molar-refractivity contribution in [3.63, 3.8) is 0 Å². The molecule has 0 aliphatic heterocycles. The molecular formula is C9H10N6O3. The van der Waals surface area contributed by atoms with E-state index in [-0.39, 0.29) is 11.5 Å². The predicted molar refractivity (Wildman–Crippen MR) is 59.0 cm³/mol. The molecule has 0 N–H and O–H groups in total. The Balaban J connectivity index is 2.12. The van der Waals surface area contributed by atoms with Crippen LogP contribution in [0.3, 0.4) is 0 Å². The van der Waals surface area contributed by atoms with Crippen LogP contribution in [0.4, 0.5) is 5.82 Å². The molecule has 0 fully saturated rings. The number of nitrogens with zero attached hydrogens (tertiary/aromatic N) is 6. The lowest BCUT2D eigenvalue weighted by Gasteiger charge is -2.02. The van der Waals surface area contributed by atoms with Crippen LogP contribution in [0.1, 0.15) is 16.3 Å². The van der Waals surface area contributed by atoms with Gasteiger partial charge in [-0.2, -0.15) is 0 Å². The normalized spacial score (nSPS) is 10.5. The van der Waals surface area contributed by atoms with Crippen LogP contribution in [0, 0.1) is 17.0 Å². The van der Waals surface area contributed by atoms with E-state index in [0.717, 1.165) is 0 Å². The van der Waals surface area contributed by atoms with E-state index in [1.54, 1.807) is 6.92 Å². The zero-order valence-corrected chi connectivity index (χ0v) is 9.55. The fourth-order valence-electron chi connectivity index (χ4n) is 1.56. The van der Waals surface area contributed by atoms with Crippen molar-refractivity contribution in [3.05, 3.63) is 34.0 Å². The van der Waals surface area contributed by atoms with Gasteiger partial charge in [0.05, 0.1) is 12.7 Å². The molecule has 9 nitrogen and oxygen atoms in total. The lowest BCUT2D eigenvalue weighted by Crippen LogP contribution is -2.11. The van der Waals surface area contributed by atoms with E-state index in [9.17, 15) is 14.9 Å². The number of nitro groups is 1. The number of rotatable bonds is 5. The number of hydrogen-bond acceptors (Lipinski definition) is 6. The van der Waals surface area contributed by atoms with Gasteiger partial charge in [-0.05, 0) is 4.92 Å². The molecule has 0 aliphatic rings. The van der Waals surface area contributed by atoms with Crippen molar-refractivity contribution in [2.45, 2.75) is 20.0 Å². The fraction of sp³-hybridized carbons (Fsp3) is 0.333. The van der Waals surface area contributed by atoms with Gasteiger partial charge in [0.2, 0.25) is 0 Å². The molecule has 0 amide bonds. The Kier molecular flexibility index (Phi) is 3.13. The highest BCUT2D eigenvalue weighted by Gasteiger charge is 2.17. The molecule has 0 saturated heterocycles. The zero-order chi connectivity index (χ0) is 13.1. The van der Waals surface area contributed by atoms with Gasteiger partial charge >= 0.3 is 5.82 Å². The number of carbonyl (C=O) groups excluding carboxylic acids is 1. The van der Waals surface area contributed by atoms with Crippen LogP contribution in [0.25, 0.3) is 0 Å². The zero-order valence-electron chi connectivity index (χ0n) is 9.55. The minimum Gasteiger partial charge on any atom is -0.358 e. The van der Waals surface area contributed by atoms with E-state index in [2.05, 4.69) is 15.3 Å². The van der Waals surface area contributed by atoms with Gasteiger partial charge in [-0.3, -0.25) is 4.79 Å². The van der Waals surface area contributed by atoms with E-state index < -0.39 is 4.92 Å². The molecule has 18 heavy (non-hydrogen) atoms. The molecule has 2 heterocycles. The smallest absolute Gasteiger partial charge is 0.342 e. The van der Waals surface area contributed by atoms with Crippen molar-refractivity contribution in [2.24, 2.45) is 0 Å². The number of aryl methyl sites for hydroxylation is 2. The van der Waals surface area contributed by atoms with E-state index in [0.29, 0.717) is 25.2 Å². The lowest BCUT2D eigenvalue weighted by atomic mass is 10.5. The second kappa shape index (κ2) is 4.73. The van der Waals surface area contributed by atoms with Crippen LogP contribution in [0.15, 0.2) is 12.4 Å². The first kappa shape index (κ1) is 11.9. The van der Waals surface area contributed by atoms with Gasteiger partial charge in [0.1, 0.15) is 18.4 Å². The summed E-state index contributed by atoms with van der Waals surface area (Å²) in [6.45, 7) is 2.40. The average Bonchev–Trinajstić information content (AvgIpc) is 2.93. The second-order valence-corrected chi connectivity index (χ2v) is 3.60. The Hall–Kier alpha value is -2.58. The topological polar surface area (TPSA) is 109 Å². The lowest BCUT2D eigenvalue weighted by molar-refractivity contribution is -0.392. The maximum Gasteiger partial charge on any atom is 0.342 e. The summed E-state index contributed by atoms with van der Waals surface area (Å²) in [5, 5.41) is 18.1. The van der Waals surface area contributed by atoms with E-state index >= 15 is 0 Å². The van der Waals surface area contributed by atoms with Crippen LogP contribution in [0.5, 0.6) is 0 Å². The van der Waals surface area contributed by atoms with Crippen LogP contribution in [-0.2, 0) is 13.1 Å². The van der Waals surface area contributed by atoms with Crippen LogP contribution >= 0.6 is 0 Å². The molecule has 0 unspecified atom stereocenters. The highest BCUT2D eigenvalue weighted by atomic mass is 16.6. The van der Waals surface area contributed by atoms with E-state index in [1.807, 2.05) is 0 Å². The summed E-state index contributed by atoms with van der Waals surface area (Å²) in [6, 6.07) is 0. The van der Waals surface area contributed by atoms with Crippen molar-refractivity contribution < 1.29 is 9.72 Å². The Labute approximate surface area is 101 Å². The molecule has 0 bridgehead atoms. The summed E-state index contributed by atoms with van der Waals surface area (Å²) in [6.07, 6.45) is 3.28. The third-order valence-corrected chi connectivity index (χ3v) is 2.45. The van der Waals surface area contributed by atoms with Crippen molar-refractivity contribution in [2.75, 3.05) is 0 Å². The third-order valence-electron chi connectivity index (χ3n) is 2.45. The van der Waals surface area contributed by atoms with Crippen molar-refractivity contribution in [1.82, 2.24) is 24.5 Å². The highest BCUT2D eigenvalue weighted by molar-refractivity contribution is 5.70. The summed E-state index contributed by atoms with van der Waals surface area (Å²) < 4.78 is 2.93. The summed E-state index contributed by atoms with van der Waals surface area (Å²) in [5.41, 5.74) is 0.229. The van der Waals surface area contributed by atoms with Gasteiger partial charge in [0, 0.05) is 6.92 Å². The monoisotopic (exact) mass is 250 g/mol. The molecule has 0 saturated carbocycles. The first-order valence-electron chi connectivity index (χ1n) is 5.13. The van der Waals surface area contributed by atoms with Gasteiger partial charge in [-0.15, -0.1) is 5.10 Å². The minimum atomic E-state index is -0.488. The maximum absolute atomic E-state index is 10.8. The Morgan fingerprint density at radius 1 is 1.50 bits per heavy atom. The Morgan fingerprint density at radius 3 is 2.89 bits per heavy atom. The molecule has 0 atom stereocenters. The summed E-state index contributed by atoms with van der Waals surface area (Å²) in [5.74, 6) is 0.487. The fourth-order valence-corrected chi connectivity index (χ4v) is 1.56. The largest absolute Gasteiger partial charge is 0.358 e. The molecule has 2 rings (SSSR count). The van der Waals surface area contributed by atoms with Crippen molar-refractivity contribution >= 4 is 12.1 Å². The Morgan fingerprint density at radius 2 is 2.28 bits per heavy atom. The summed E-state index contributed by atoms with van der Waals surface area (Å²) in [7, 11) is 0. The third kappa shape index (κ3) is 2.24. The molecule has 2 aromatic rings. The SMILES string of the molecule is Cc1ncc([N+](=O)[O-])n1CCn1cc(C=O)nn1. The highest BCUT2D eigenvalue weighted by Crippen LogP contribution is 2.13. The molecule has 9 heteroatoms. The van der Waals surface area contributed by atoms with Gasteiger partial charge < -0.3 is 10.1 Å². The van der Waals surface area contributed by atoms with E-state index in [4.69, 9.17) is 0 Å². The summed E-state index contributed by atoms with van der Waals surface area (Å²) in [4.78, 5) is 24.6. The molecule has 0 radical (unpaired) electrons. The summed E-state index contributed by atoms with van der Waals surface area (Å²) >= 11 is 0. The number of aldehydes is 1. The first-order chi connectivity index (χ1) is 8.61. The quantitative estimate of drug-likeness (QED) is 0.426. The van der Waals surface area contributed by atoms with Gasteiger partial charge in [-0.1, -0.05) is 5.21 Å². The molecule has 0 aliphatic carbocycles. The van der Waals surface area contributed by atoms with E-state index in [1.165, 1.54) is 21.6 Å². The van der Waals surface area contributed by atoms with Gasteiger partial charge in [-0.25, -0.2) is 14.2 Å². The molecule has 2 aromatic heterocycles. The number of aromatic nitrogens is 5. The number of imidazole rings is 1. The molecule has 94 valence electrons. The van der Waals surface area contributed by atoms with Crippen molar-refractivity contribution in [3.8, 4) is 0 Å². The maximum atomic E-state index is 10.8. The molecule has 0 aromatic carbocycles. The van der Waals surface area contributed by atoms with Gasteiger partial charge in [0.15, 0.2) is 12.1 Å². The minimum absolute atomic E-state index is 0.0665. The second-order valence-electron chi connectivity index (χ2n) is 3.60. The van der Waals surface area contributed by atoms with Crippen molar-refractivity contribution in [1.29, 1.82) is 0 Å². The Bertz CT molecular complexity index is 587. The first-order valence-corrected chi connectivity index (χ1v) is 5.13. The number of hydrogen-bond donors (Lipinski definition) is 0. The van der Waals surface area contributed by atoms with Gasteiger partial charge in [0.25, 0.3) is 0 Å². The average molecular weight is 250 g/mol. The standard InChI is InChI=1S/C9H10N6O3/c1-7-10-4-9(15(17)18)14(7)3-2-13-5-8(6-16)11-12-13/h4-6H,2-3H2,1H3. The molecule has 0 spiro atoms. The van der Waals surface area contributed by atoms with Crippen LogP contribution < -0.4 is 0 Å². The number of carbonyl (C=O) groups is 1. The molecular weight excluding hydrogens is 240 g/mol. The predicted octanol–water partition coefficient (Wildman–Crippen LogP) is 0.204. The van der Waals surface area contributed by atoms with Crippen LogP contribution in [0.2, 0.25) is 0 Å².